The smallest absolute Gasteiger partial charge is 0.253 e. The second kappa shape index (κ2) is 9.51. The molecule has 8 nitrogen and oxygen atoms in total. The summed E-state index contributed by atoms with van der Waals surface area (Å²) in [5.74, 6) is -0.235. The molecule has 1 heterocycles. The number of aryl methyl sites for hydroxylation is 1. The Hall–Kier alpha value is -3.94. The second-order valence-electron chi connectivity index (χ2n) is 6.63. The lowest BCUT2D eigenvalue weighted by atomic mass is 10.1. The Bertz CT molecular complexity index is 1060. The SMILES string of the molecule is Cc1oc(-c2ccccc2)nc1CC(=O)Nc1ccccc1C(=O)NCCC(N)=O. The van der Waals surface area contributed by atoms with Crippen molar-refractivity contribution >= 4 is 23.4 Å². The zero-order valence-corrected chi connectivity index (χ0v) is 16.5. The molecular formula is C22H22N4O4. The highest BCUT2D eigenvalue weighted by Crippen LogP contribution is 2.22. The van der Waals surface area contributed by atoms with E-state index in [-0.39, 0.29) is 30.9 Å². The number of benzene rings is 2. The van der Waals surface area contributed by atoms with Gasteiger partial charge in [0.1, 0.15) is 5.76 Å². The maximum atomic E-state index is 12.6. The Labute approximate surface area is 173 Å². The summed E-state index contributed by atoms with van der Waals surface area (Å²) >= 11 is 0. The molecular weight excluding hydrogens is 384 g/mol. The minimum absolute atomic E-state index is 0.000203. The first-order chi connectivity index (χ1) is 14.4. The number of primary amides is 1. The topological polar surface area (TPSA) is 127 Å². The molecule has 30 heavy (non-hydrogen) atoms. The van der Waals surface area contributed by atoms with Crippen molar-refractivity contribution < 1.29 is 18.8 Å². The Morgan fingerprint density at radius 3 is 2.47 bits per heavy atom. The zero-order valence-electron chi connectivity index (χ0n) is 16.5. The van der Waals surface area contributed by atoms with Crippen molar-refractivity contribution in [1.29, 1.82) is 0 Å². The average molecular weight is 406 g/mol. The number of nitrogens with two attached hydrogens (primary N) is 1. The van der Waals surface area contributed by atoms with Crippen LogP contribution >= 0.6 is 0 Å². The van der Waals surface area contributed by atoms with Crippen molar-refractivity contribution in [1.82, 2.24) is 10.3 Å². The largest absolute Gasteiger partial charge is 0.441 e. The van der Waals surface area contributed by atoms with Gasteiger partial charge in [-0.05, 0) is 31.2 Å². The number of amides is 3. The molecule has 0 fully saturated rings. The number of rotatable bonds is 8. The summed E-state index contributed by atoms with van der Waals surface area (Å²) < 4.78 is 5.68. The van der Waals surface area contributed by atoms with Crippen molar-refractivity contribution in [2.45, 2.75) is 19.8 Å². The van der Waals surface area contributed by atoms with E-state index in [1.807, 2.05) is 30.3 Å². The number of carbonyl (C=O) groups excluding carboxylic acids is 3. The predicted molar refractivity (Wildman–Crippen MR) is 112 cm³/mol. The molecule has 3 amide bonds. The first-order valence-electron chi connectivity index (χ1n) is 9.41. The Balaban J connectivity index is 1.68. The van der Waals surface area contributed by atoms with E-state index in [2.05, 4.69) is 15.6 Å². The molecule has 4 N–H and O–H groups in total. The standard InChI is InChI=1S/C22H22N4O4/c1-14-18(26-22(30-14)15-7-3-2-4-8-15)13-20(28)25-17-10-6-5-9-16(17)21(29)24-12-11-19(23)27/h2-10H,11-13H2,1H3,(H2,23,27)(H,24,29)(H,25,28). The average Bonchev–Trinajstić information content (AvgIpc) is 3.09. The van der Waals surface area contributed by atoms with E-state index < -0.39 is 11.8 Å². The minimum atomic E-state index is -0.505. The molecule has 0 bridgehead atoms. The van der Waals surface area contributed by atoms with Crippen LogP contribution < -0.4 is 16.4 Å². The summed E-state index contributed by atoms with van der Waals surface area (Å²) in [5.41, 5.74) is 7.08. The van der Waals surface area contributed by atoms with Crippen LogP contribution in [0.4, 0.5) is 5.69 Å². The number of oxazole rings is 1. The Kier molecular flexibility index (Phi) is 6.59. The van der Waals surface area contributed by atoms with E-state index in [1.165, 1.54) is 0 Å². The highest BCUT2D eigenvalue weighted by atomic mass is 16.4. The van der Waals surface area contributed by atoms with Gasteiger partial charge in [0.05, 0.1) is 23.4 Å². The second-order valence-corrected chi connectivity index (χ2v) is 6.63. The third kappa shape index (κ3) is 5.32. The lowest BCUT2D eigenvalue weighted by Gasteiger charge is -2.11. The van der Waals surface area contributed by atoms with Crippen LogP contribution in [-0.2, 0) is 16.0 Å². The van der Waals surface area contributed by atoms with E-state index in [0.717, 1.165) is 5.56 Å². The molecule has 0 saturated carbocycles. The normalized spacial score (nSPS) is 10.4. The molecule has 0 spiro atoms. The summed E-state index contributed by atoms with van der Waals surface area (Å²) in [6.45, 7) is 1.87. The molecule has 0 aliphatic carbocycles. The first-order valence-corrected chi connectivity index (χ1v) is 9.41. The third-order valence-electron chi connectivity index (χ3n) is 4.34. The number of hydrogen-bond acceptors (Lipinski definition) is 5. The maximum Gasteiger partial charge on any atom is 0.253 e. The van der Waals surface area contributed by atoms with Crippen molar-refractivity contribution in [2.75, 3.05) is 11.9 Å². The quantitative estimate of drug-likeness (QED) is 0.529. The van der Waals surface area contributed by atoms with Crippen LogP contribution in [0.2, 0.25) is 0 Å². The van der Waals surface area contributed by atoms with Crippen LogP contribution in [-0.4, -0.2) is 29.3 Å². The van der Waals surface area contributed by atoms with Gasteiger partial charge in [0.2, 0.25) is 17.7 Å². The highest BCUT2D eigenvalue weighted by molar-refractivity contribution is 6.04. The fourth-order valence-corrected chi connectivity index (χ4v) is 2.83. The van der Waals surface area contributed by atoms with Gasteiger partial charge in [-0.15, -0.1) is 0 Å². The molecule has 1 aromatic heterocycles. The first kappa shape index (κ1) is 20.8. The molecule has 0 radical (unpaired) electrons. The summed E-state index contributed by atoms with van der Waals surface area (Å²) in [5, 5.41) is 5.35. The molecule has 0 aliphatic rings. The van der Waals surface area contributed by atoms with Gasteiger partial charge in [-0.2, -0.15) is 0 Å². The van der Waals surface area contributed by atoms with Crippen molar-refractivity contribution in [3.63, 3.8) is 0 Å². The number of anilines is 1. The molecule has 0 unspecified atom stereocenters. The summed E-state index contributed by atoms with van der Waals surface area (Å²) in [6.07, 6.45) is 0.0369. The number of nitrogens with zero attached hydrogens (tertiary/aromatic N) is 1. The van der Waals surface area contributed by atoms with E-state index >= 15 is 0 Å². The van der Waals surface area contributed by atoms with Crippen LogP contribution in [0.3, 0.4) is 0 Å². The van der Waals surface area contributed by atoms with Crippen LogP contribution in [0.1, 0.15) is 28.2 Å². The van der Waals surface area contributed by atoms with Gasteiger partial charge in [-0.1, -0.05) is 30.3 Å². The van der Waals surface area contributed by atoms with Crippen molar-refractivity contribution in [3.05, 3.63) is 71.6 Å². The zero-order chi connectivity index (χ0) is 21.5. The molecule has 3 rings (SSSR count). The summed E-state index contributed by atoms with van der Waals surface area (Å²) in [4.78, 5) is 40.2. The number of carbonyl (C=O) groups is 3. The fourth-order valence-electron chi connectivity index (χ4n) is 2.83. The highest BCUT2D eigenvalue weighted by Gasteiger charge is 2.17. The molecule has 0 atom stereocenters. The van der Waals surface area contributed by atoms with Gasteiger partial charge in [0.15, 0.2) is 0 Å². The van der Waals surface area contributed by atoms with Gasteiger partial charge in [-0.25, -0.2) is 4.98 Å². The van der Waals surface area contributed by atoms with Crippen LogP contribution in [0, 0.1) is 6.92 Å². The van der Waals surface area contributed by atoms with Crippen molar-refractivity contribution in [2.24, 2.45) is 5.73 Å². The number of nitrogens with one attached hydrogen (secondary N) is 2. The summed E-state index contributed by atoms with van der Waals surface area (Å²) in [7, 11) is 0. The van der Waals surface area contributed by atoms with Gasteiger partial charge in [0.25, 0.3) is 5.91 Å². The fraction of sp³-hybridized carbons (Fsp3) is 0.182. The molecule has 8 heteroatoms. The monoisotopic (exact) mass is 406 g/mol. The van der Waals surface area contributed by atoms with Crippen LogP contribution in [0.5, 0.6) is 0 Å². The van der Waals surface area contributed by atoms with Gasteiger partial charge in [0, 0.05) is 18.5 Å². The lowest BCUT2D eigenvalue weighted by Crippen LogP contribution is -2.29. The molecule has 3 aromatic rings. The van der Waals surface area contributed by atoms with Gasteiger partial charge < -0.3 is 20.8 Å². The van der Waals surface area contributed by atoms with E-state index in [0.29, 0.717) is 23.0 Å². The lowest BCUT2D eigenvalue weighted by molar-refractivity contribution is -0.118. The molecule has 154 valence electrons. The van der Waals surface area contributed by atoms with Crippen molar-refractivity contribution in [3.8, 4) is 11.5 Å². The minimum Gasteiger partial charge on any atom is -0.441 e. The third-order valence-corrected chi connectivity index (χ3v) is 4.34. The van der Waals surface area contributed by atoms with Gasteiger partial charge >= 0.3 is 0 Å². The molecule has 0 saturated heterocycles. The van der Waals surface area contributed by atoms with E-state index in [1.54, 1.807) is 31.2 Å². The van der Waals surface area contributed by atoms with Gasteiger partial charge in [-0.3, -0.25) is 14.4 Å². The van der Waals surface area contributed by atoms with E-state index in [9.17, 15) is 14.4 Å². The Morgan fingerprint density at radius 2 is 1.73 bits per heavy atom. The maximum absolute atomic E-state index is 12.6. The predicted octanol–water partition coefficient (Wildman–Crippen LogP) is 2.44. The molecule has 0 aliphatic heterocycles. The van der Waals surface area contributed by atoms with Crippen LogP contribution in [0.15, 0.2) is 59.0 Å². The van der Waals surface area contributed by atoms with Crippen LogP contribution in [0.25, 0.3) is 11.5 Å². The number of aromatic nitrogens is 1. The summed E-state index contributed by atoms with van der Waals surface area (Å²) in [6, 6.07) is 16.0. The molecule has 2 aromatic carbocycles. The number of para-hydroxylation sites is 1. The van der Waals surface area contributed by atoms with E-state index in [4.69, 9.17) is 10.2 Å². The Morgan fingerprint density at radius 1 is 1.03 bits per heavy atom. The number of hydrogen-bond donors (Lipinski definition) is 3.